The fourth-order valence-electron chi connectivity index (χ4n) is 4.15. The Morgan fingerprint density at radius 2 is 1.88 bits per heavy atom. The third kappa shape index (κ3) is 4.61. The van der Waals surface area contributed by atoms with Gasteiger partial charge < -0.3 is 14.4 Å². The Balaban J connectivity index is 1.38. The molecule has 0 aliphatic carbocycles. The molecule has 1 atom stereocenters. The van der Waals surface area contributed by atoms with E-state index in [1.54, 1.807) is 18.9 Å². The maximum absolute atomic E-state index is 10.9. The van der Waals surface area contributed by atoms with Crippen LogP contribution in [0.5, 0.6) is 5.75 Å². The van der Waals surface area contributed by atoms with Gasteiger partial charge in [0.25, 0.3) is 0 Å². The molecule has 5 aromatic rings. The number of rotatable bonds is 7. The zero-order valence-corrected chi connectivity index (χ0v) is 19.5. The van der Waals surface area contributed by atoms with Crippen molar-refractivity contribution in [3.8, 4) is 17.0 Å². The number of nitrogens with zero attached hydrogens (tertiary/aromatic N) is 2. The number of hydrogen-bond donors (Lipinski definition) is 1. The number of aliphatic hydroxyl groups excluding tert-OH is 1. The lowest BCUT2D eigenvalue weighted by Crippen LogP contribution is -2.17. The van der Waals surface area contributed by atoms with Crippen LogP contribution in [0.2, 0.25) is 0 Å². The average Bonchev–Trinajstić information content (AvgIpc) is 3.24. The second-order valence-electron chi connectivity index (χ2n) is 8.25. The standard InChI is InChI=1S/C28H26N2O2S/c1-19-6-5-7-20(14-19)26-16-28(24-8-3-4-9-25(24)29-26)33-18-22(31)17-30-13-12-21-15-23(32-2)10-11-27(21)30/h3-16,22,31H,17-18H2,1-2H3. The first kappa shape index (κ1) is 21.6. The molecule has 1 unspecified atom stereocenters. The maximum Gasteiger partial charge on any atom is 0.119 e. The number of aryl methyl sites for hydroxylation is 1. The average molecular weight is 455 g/mol. The lowest BCUT2D eigenvalue weighted by Gasteiger charge is -2.14. The molecule has 0 saturated heterocycles. The summed E-state index contributed by atoms with van der Waals surface area (Å²) in [6.07, 6.45) is 1.54. The third-order valence-electron chi connectivity index (χ3n) is 5.81. The molecule has 0 fully saturated rings. The summed E-state index contributed by atoms with van der Waals surface area (Å²) in [7, 11) is 1.67. The summed E-state index contributed by atoms with van der Waals surface area (Å²) in [5, 5.41) is 13.1. The molecule has 2 aromatic heterocycles. The van der Waals surface area contributed by atoms with Crippen molar-refractivity contribution in [2.75, 3.05) is 12.9 Å². The molecule has 4 nitrogen and oxygen atoms in total. The molecule has 0 radical (unpaired) electrons. The molecule has 2 heterocycles. The second kappa shape index (κ2) is 9.30. The molecule has 166 valence electrons. The Kier molecular flexibility index (Phi) is 6.07. The van der Waals surface area contributed by atoms with Gasteiger partial charge in [-0.2, -0.15) is 0 Å². The van der Waals surface area contributed by atoms with Crippen molar-refractivity contribution >= 4 is 33.6 Å². The number of aromatic nitrogens is 2. The van der Waals surface area contributed by atoms with Gasteiger partial charge in [-0.3, -0.25) is 0 Å². The highest BCUT2D eigenvalue weighted by atomic mass is 32.2. The smallest absolute Gasteiger partial charge is 0.119 e. The van der Waals surface area contributed by atoms with Crippen LogP contribution in [0.25, 0.3) is 33.1 Å². The maximum atomic E-state index is 10.9. The van der Waals surface area contributed by atoms with Crippen molar-refractivity contribution < 1.29 is 9.84 Å². The summed E-state index contributed by atoms with van der Waals surface area (Å²) >= 11 is 1.68. The highest BCUT2D eigenvalue weighted by Gasteiger charge is 2.13. The molecule has 3 aromatic carbocycles. The number of methoxy groups -OCH3 is 1. The lowest BCUT2D eigenvalue weighted by atomic mass is 10.1. The predicted molar refractivity (Wildman–Crippen MR) is 137 cm³/mol. The summed E-state index contributed by atoms with van der Waals surface area (Å²) in [6, 6.07) is 26.8. The number of benzene rings is 3. The Bertz CT molecular complexity index is 1430. The summed E-state index contributed by atoms with van der Waals surface area (Å²) in [5.74, 6) is 1.43. The normalized spacial score (nSPS) is 12.3. The van der Waals surface area contributed by atoms with E-state index in [-0.39, 0.29) is 0 Å². The van der Waals surface area contributed by atoms with E-state index in [9.17, 15) is 5.11 Å². The first-order valence-electron chi connectivity index (χ1n) is 11.0. The number of hydrogen-bond acceptors (Lipinski definition) is 4. The summed E-state index contributed by atoms with van der Waals surface area (Å²) in [6.45, 7) is 2.63. The van der Waals surface area contributed by atoms with Gasteiger partial charge in [0.2, 0.25) is 0 Å². The second-order valence-corrected chi connectivity index (χ2v) is 9.31. The Morgan fingerprint density at radius 3 is 2.73 bits per heavy atom. The molecule has 5 rings (SSSR count). The van der Waals surface area contributed by atoms with E-state index in [1.807, 2.05) is 36.5 Å². The number of ether oxygens (including phenoxy) is 1. The number of pyridine rings is 1. The zero-order valence-electron chi connectivity index (χ0n) is 18.7. The zero-order chi connectivity index (χ0) is 22.8. The summed E-state index contributed by atoms with van der Waals surface area (Å²) < 4.78 is 7.42. The first-order chi connectivity index (χ1) is 16.1. The molecule has 5 heteroatoms. The van der Waals surface area contributed by atoms with Gasteiger partial charge in [0, 0.05) is 45.2 Å². The predicted octanol–water partition coefficient (Wildman–Crippen LogP) is 6.33. The van der Waals surface area contributed by atoms with E-state index in [4.69, 9.17) is 9.72 Å². The van der Waals surface area contributed by atoms with Gasteiger partial charge in [-0.05, 0) is 49.4 Å². The topological polar surface area (TPSA) is 47.3 Å². The minimum Gasteiger partial charge on any atom is -0.497 e. The van der Waals surface area contributed by atoms with Crippen molar-refractivity contribution in [2.45, 2.75) is 24.5 Å². The first-order valence-corrected chi connectivity index (χ1v) is 12.0. The Morgan fingerprint density at radius 1 is 1.00 bits per heavy atom. The van der Waals surface area contributed by atoms with Crippen LogP contribution >= 0.6 is 11.8 Å². The molecule has 33 heavy (non-hydrogen) atoms. The minimum atomic E-state index is -0.484. The molecule has 0 amide bonds. The van der Waals surface area contributed by atoms with Crippen molar-refractivity contribution in [3.05, 3.63) is 90.6 Å². The van der Waals surface area contributed by atoms with Crippen molar-refractivity contribution in [1.29, 1.82) is 0 Å². The number of para-hydroxylation sites is 1. The van der Waals surface area contributed by atoms with Gasteiger partial charge in [0.1, 0.15) is 5.75 Å². The van der Waals surface area contributed by atoms with Gasteiger partial charge in [0.05, 0.1) is 24.4 Å². The molecule has 1 N–H and O–H groups in total. The van der Waals surface area contributed by atoms with E-state index in [2.05, 4.69) is 60.0 Å². The van der Waals surface area contributed by atoms with Crippen LogP contribution in [-0.2, 0) is 6.54 Å². The molecule has 0 aliphatic rings. The van der Waals surface area contributed by atoms with E-state index in [0.29, 0.717) is 12.3 Å². The molecule has 0 saturated carbocycles. The van der Waals surface area contributed by atoms with E-state index in [0.717, 1.165) is 43.7 Å². The number of aliphatic hydroxyl groups is 1. The molecule has 0 aliphatic heterocycles. The van der Waals surface area contributed by atoms with Gasteiger partial charge in [0.15, 0.2) is 0 Å². The molecular weight excluding hydrogens is 428 g/mol. The van der Waals surface area contributed by atoms with Gasteiger partial charge >= 0.3 is 0 Å². The Labute approximate surface area is 197 Å². The SMILES string of the molecule is COc1ccc2c(ccn2CC(O)CSc2cc(-c3cccc(C)c3)nc3ccccc23)c1. The third-order valence-corrected chi connectivity index (χ3v) is 7.01. The summed E-state index contributed by atoms with van der Waals surface area (Å²) in [4.78, 5) is 6.03. The van der Waals surface area contributed by atoms with Crippen LogP contribution in [0.1, 0.15) is 5.56 Å². The number of thioether (sulfide) groups is 1. The van der Waals surface area contributed by atoms with Gasteiger partial charge in [-0.1, -0.05) is 42.0 Å². The van der Waals surface area contributed by atoms with E-state index >= 15 is 0 Å². The molecular formula is C28H26N2O2S. The quantitative estimate of drug-likeness (QED) is 0.292. The van der Waals surface area contributed by atoms with Crippen molar-refractivity contribution in [1.82, 2.24) is 9.55 Å². The lowest BCUT2D eigenvalue weighted by molar-refractivity contribution is 0.180. The minimum absolute atomic E-state index is 0.484. The van der Waals surface area contributed by atoms with Crippen molar-refractivity contribution in [2.24, 2.45) is 0 Å². The fraction of sp³-hybridized carbons (Fsp3) is 0.179. The molecule has 0 bridgehead atoms. The fourth-order valence-corrected chi connectivity index (χ4v) is 5.15. The highest BCUT2D eigenvalue weighted by molar-refractivity contribution is 7.99. The molecule has 0 spiro atoms. The monoisotopic (exact) mass is 454 g/mol. The number of fused-ring (bicyclic) bond motifs is 2. The van der Waals surface area contributed by atoms with Crippen LogP contribution < -0.4 is 4.74 Å². The van der Waals surface area contributed by atoms with Gasteiger partial charge in [-0.25, -0.2) is 4.98 Å². The van der Waals surface area contributed by atoms with Crippen LogP contribution in [0.4, 0.5) is 0 Å². The van der Waals surface area contributed by atoms with Crippen LogP contribution in [0.15, 0.2) is 90.0 Å². The van der Waals surface area contributed by atoms with Crippen LogP contribution in [0, 0.1) is 6.92 Å². The summed E-state index contributed by atoms with van der Waals surface area (Å²) in [5.41, 5.74) is 5.34. The largest absolute Gasteiger partial charge is 0.497 e. The Hall–Kier alpha value is -3.28. The van der Waals surface area contributed by atoms with Crippen molar-refractivity contribution in [3.63, 3.8) is 0 Å². The van der Waals surface area contributed by atoms with Crippen LogP contribution in [0.3, 0.4) is 0 Å². The van der Waals surface area contributed by atoms with Crippen LogP contribution in [-0.4, -0.2) is 33.6 Å². The van der Waals surface area contributed by atoms with E-state index in [1.165, 1.54) is 5.56 Å². The van der Waals surface area contributed by atoms with E-state index < -0.39 is 6.10 Å². The van der Waals surface area contributed by atoms with Gasteiger partial charge in [-0.15, -0.1) is 11.8 Å². The highest BCUT2D eigenvalue weighted by Crippen LogP contribution is 2.32.